The molecule has 0 spiro atoms. The maximum atomic E-state index is 8.87. The Labute approximate surface area is 112 Å². The van der Waals surface area contributed by atoms with E-state index >= 15 is 0 Å². The smallest absolute Gasteiger partial charge is 0.0992 e. The Morgan fingerprint density at radius 2 is 1.72 bits per heavy atom. The van der Waals surface area contributed by atoms with Gasteiger partial charge >= 0.3 is 0 Å². The van der Waals surface area contributed by atoms with Gasteiger partial charge in [-0.2, -0.15) is 5.26 Å². The van der Waals surface area contributed by atoms with Crippen LogP contribution in [0.1, 0.15) is 30.9 Å². The Hall–Kier alpha value is -1.72. The van der Waals surface area contributed by atoms with Crippen LogP contribution in [0.3, 0.4) is 0 Å². The summed E-state index contributed by atoms with van der Waals surface area (Å²) in [5.74, 6) is 0.561. The molecule has 0 saturated heterocycles. The number of nitrogens with zero attached hydrogens (tertiary/aromatic N) is 1. The van der Waals surface area contributed by atoms with Crippen LogP contribution in [0.25, 0.3) is 0 Å². The van der Waals surface area contributed by atoms with Crippen LogP contribution in [0.4, 0.5) is 0 Å². The minimum atomic E-state index is 0.561. The van der Waals surface area contributed by atoms with E-state index in [1.807, 2.05) is 24.3 Å². The first-order valence-corrected chi connectivity index (χ1v) is 6.78. The van der Waals surface area contributed by atoms with Crippen molar-refractivity contribution < 1.29 is 0 Å². The predicted molar refractivity (Wildman–Crippen MR) is 75.8 cm³/mol. The molecule has 2 rings (SSSR count). The maximum absolute atomic E-state index is 8.87. The van der Waals surface area contributed by atoms with Crippen LogP contribution < -0.4 is 0 Å². The second-order valence-corrected chi connectivity index (χ2v) is 5.61. The van der Waals surface area contributed by atoms with Gasteiger partial charge in [0, 0.05) is 9.79 Å². The first kappa shape index (κ1) is 12.7. The van der Waals surface area contributed by atoms with Crippen molar-refractivity contribution in [2.75, 3.05) is 0 Å². The fourth-order valence-electron chi connectivity index (χ4n) is 1.69. The molecular weight excluding hydrogens is 238 g/mol. The molecule has 18 heavy (non-hydrogen) atoms. The van der Waals surface area contributed by atoms with Crippen LogP contribution >= 0.6 is 11.8 Å². The van der Waals surface area contributed by atoms with E-state index in [2.05, 4.69) is 44.2 Å². The average Bonchev–Trinajstić information content (AvgIpc) is 2.39. The maximum Gasteiger partial charge on any atom is 0.0992 e. The lowest BCUT2D eigenvalue weighted by atomic mass is 10.0. The van der Waals surface area contributed by atoms with E-state index in [1.165, 1.54) is 10.5 Å². The molecule has 0 bridgehead atoms. The monoisotopic (exact) mass is 253 g/mol. The van der Waals surface area contributed by atoms with Gasteiger partial charge in [0.25, 0.3) is 0 Å². The van der Waals surface area contributed by atoms with Crippen LogP contribution in [0.5, 0.6) is 0 Å². The van der Waals surface area contributed by atoms with Gasteiger partial charge in [-0.3, -0.25) is 0 Å². The molecule has 90 valence electrons. The second kappa shape index (κ2) is 5.75. The molecule has 2 heteroatoms. The lowest BCUT2D eigenvalue weighted by molar-refractivity contribution is 0.865. The van der Waals surface area contributed by atoms with Crippen LogP contribution in [-0.2, 0) is 0 Å². The van der Waals surface area contributed by atoms with Gasteiger partial charge < -0.3 is 0 Å². The molecule has 0 aliphatic carbocycles. The largest absolute Gasteiger partial charge is 0.192 e. The fraction of sp³-hybridized carbons (Fsp3) is 0.188. The lowest BCUT2D eigenvalue weighted by Crippen LogP contribution is -1.85. The standard InChI is InChI=1S/C16H15NS/c1-12(2)14-6-8-15(9-7-14)18-16-5-3-4-13(10-16)11-17/h3-10,12H,1-2H3. The van der Waals surface area contributed by atoms with Gasteiger partial charge in [-0.05, 0) is 41.8 Å². The van der Waals surface area contributed by atoms with Gasteiger partial charge in [0.1, 0.15) is 0 Å². The highest BCUT2D eigenvalue weighted by atomic mass is 32.2. The van der Waals surface area contributed by atoms with Crippen molar-refractivity contribution in [2.45, 2.75) is 29.6 Å². The van der Waals surface area contributed by atoms with Crippen LogP contribution in [0.2, 0.25) is 0 Å². The SMILES string of the molecule is CC(C)c1ccc(Sc2cccc(C#N)c2)cc1. The van der Waals surface area contributed by atoms with Gasteiger partial charge in [0.2, 0.25) is 0 Å². The van der Waals surface area contributed by atoms with Crippen molar-refractivity contribution >= 4 is 11.8 Å². The molecule has 2 aromatic carbocycles. The fourth-order valence-corrected chi connectivity index (χ4v) is 2.56. The van der Waals surface area contributed by atoms with Gasteiger partial charge in [-0.25, -0.2) is 0 Å². The molecule has 0 N–H and O–H groups in total. The van der Waals surface area contributed by atoms with Crippen LogP contribution in [-0.4, -0.2) is 0 Å². The average molecular weight is 253 g/mol. The number of rotatable bonds is 3. The van der Waals surface area contributed by atoms with E-state index in [0.717, 1.165) is 4.90 Å². The zero-order valence-corrected chi connectivity index (χ0v) is 11.4. The van der Waals surface area contributed by atoms with E-state index in [1.54, 1.807) is 11.8 Å². The Kier molecular flexibility index (Phi) is 4.07. The molecule has 0 aliphatic heterocycles. The van der Waals surface area contributed by atoms with Crippen molar-refractivity contribution in [2.24, 2.45) is 0 Å². The number of hydrogen-bond acceptors (Lipinski definition) is 2. The highest BCUT2D eigenvalue weighted by Gasteiger charge is 2.01. The van der Waals surface area contributed by atoms with Gasteiger partial charge in [-0.1, -0.05) is 43.8 Å². The summed E-state index contributed by atoms with van der Waals surface area (Å²) in [7, 11) is 0. The summed E-state index contributed by atoms with van der Waals surface area (Å²) < 4.78 is 0. The topological polar surface area (TPSA) is 23.8 Å². The van der Waals surface area contributed by atoms with E-state index < -0.39 is 0 Å². The van der Waals surface area contributed by atoms with Crippen molar-refractivity contribution in [3.05, 3.63) is 59.7 Å². The molecule has 0 radical (unpaired) electrons. The van der Waals surface area contributed by atoms with E-state index in [4.69, 9.17) is 5.26 Å². The van der Waals surface area contributed by atoms with E-state index in [-0.39, 0.29) is 0 Å². The molecule has 0 unspecified atom stereocenters. The summed E-state index contributed by atoms with van der Waals surface area (Å²) in [6, 6.07) is 18.5. The third-order valence-electron chi connectivity index (χ3n) is 2.75. The molecule has 0 aliphatic rings. The first-order chi connectivity index (χ1) is 8.69. The number of nitriles is 1. The Bertz CT molecular complexity index is 564. The molecule has 0 heterocycles. The van der Waals surface area contributed by atoms with Crippen molar-refractivity contribution in [1.82, 2.24) is 0 Å². The first-order valence-electron chi connectivity index (χ1n) is 5.97. The molecule has 2 aromatic rings. The van der Waals surface area contributed by atoms with Crippen LogP contribution in [0, 0.1) is 11.3 Å². The van der Waals surface area contributed by atoms with E-state index in [0.29, 0.717) is 11.5 Å². The minimum absolute atomic E-state index is 0.561. The van der Waals surface area contributed by atoms with Crippen LogP contribution in [0.15, 0.2) is 58.3 Å². The Morgan fingerprint density at radius 1 is 1.00 bits per heavy atom. The summed E-state index contributed by atoms with van der Waals surface area (Å²) >= 11 is 1.69. The summed E-state index contributed by atoms with van der Waals surface area (Å²) in [4.78, 5) is 2.31. The third-order valence-corrected chi connectivity index (χ3v) is 3.74. The van der Waals surface area contributed by atoms with Crippen molar-refractivity contribution in [3.8, 4) is 6.07 Å². The van der Waals surface area contributed by atoms with Gasteiger partial charge in [-0.15, -0.1) is 0 Å². The lowest BCUT2D eigenvalue weighted by Gasteiger charge is -2.06. The minimum Gasteiger partial charge on any atom is -0.192 e. The molecule has 0 fully saturated rings. The molecular formula is C16H15NS. The number of benzene rings is 2. The summed E-state index contributed by atoms with van der Waals surface area (Å²) in [5, 5.41) is 8.87. The third kappa shape index (κ3) is 3.15. The van der Waals surface area contributed by atoms with E-state index in [9.17, 15) is 0 Å². The molecule has 0 saturated carbocycles. The molecule has 1 nitrogen and oxygen atoms in total. The Morgan fingerprint density at radius 3 is 2.33 bits per heavy atom. The van der Waals surface area contributed by atoms with Crippen molar-refractivity contribution in [3.63, 3.8) is 0 Å². The summed E-state index contributed by atoms with van der Waals surface area (Å²) in [6.07, 6.45) is 0. The van der Waals surface area contributed by atoms with Crippen molar-refractivity contribution in [1.29, 1.82) is 5.26 Å². The van der Waals surface area contributed by atoms with Gasteiger partial charge in [0.05, 0.1) is 11.6 Å². The molecule has 0 amide bonds. The normalized spacial score (nSPS) is 10.3. The van der Waals surface area contributed by atoms with Gasteiger partial charge in [0.15, 0.2) is 0 Å². The molecule has 0 atom stereocenters. The number of hydrogen-bond donors (Lipinski definition) is 0. The summed E-state index contributed by atoms with van der Waals surface area (Å²) in [6.45, 7) is 4.39. The zero-order valence-electron chi connectivity index (χ0n) is 10.6. The molecule has 0 aromatic heterocycles. The quantitative estimate of drug-likeness (QED) is 0.782. The highest BCUT2D eigenvalue weighted by molar-refractivity contribution is 7.99. The summed E-state index contributed by atoms with van der Waals surface area (Å²) in [5.41, 5.74) is 2.06. The highest BCUT2D eigenvalue weighted by Crippen LogP contribution is 2.29. The second-order valence-electron chi connectivity index (χ2n) is 4.47. The predicted octanol–water partition coefficient (Wildman–Crippen LogP) is 4.83. The zero-order chi connectivity index (χ0) is 13.0. The Balaban J connectivity index is 2.16.